The average molecular weight is 611 g/mol. The molecule has 3 heterocycles. The lowest BCUT2D eigenvalue weighted by molar-refractivity contribution is 0.0828. The Morgan fingerprint density at radius 1 is 0.892 bits per heavy atom. The van der Waals surface area contributed by atoms with Crippen LogP contribution >= 0.6 is 22.6 Å². The van der Waals surface area contributed by atoms with Crippen LogP contribution in [-0.2, 0) is 0 Å². The first kappa shape index (κ1) is 24.8. The molecular weight excluding hydrogens is 578 g/mol. The Labute approximate surface area is 230 Å². The van der Waals surface area contributed by atoms with E-state index in [0.29, 0.717) is 23.5 Å². The van der Waals surface area contributed by atoms with E-state index in [1.165, 1.54) is 19.2 Å². The number of hydrogen-bond donors (Lipinski definition) is 1. The molecule has 1 aliphatic heterocycles. The van der Waals surface area contributed by atoms with Crippen molar-refractivity contribution >= 4 is 39.4 Å². The summed E-state index contributed by atoms with van der Waals surface area (Å²) in [5.41, 5.74) is 10.4. The van der Waals surface area contributed by atoms with Gasteiger partial charge in [-0.05, 0) is 78.6 Å². The molecule has 0 bridgehead atoms. The van der Waals surface area contributed by atoms with Gasteiger partial charge in [0, 0.05) is 59.2 Å². The summed E-state index contributed by atoms with van der Waals surface area (Å²) in [5.74, 6) is 0.192. The number of piperazine rings is 1. The topological polar surface area (TPSA) is 63.2 Å². The molecule has 0 radical (unpaired) electrons. The highest BCUT2D eigenvalue weighted by Gasteiger charge is 2.30. The van der Waals surface area contributed by atoms with E-state index < -0.39 is 0 Å². The van der Waals surface area contributed by atoms with Gasteiger partial charge in [0.1, 0.15) is 23.6 Å². The molecule has 0 atom stereocenters. The molecule has 0 spiro atoms. The van der Waals surface area contributed by atoms with E-state index in [0.717, 1.165) is 70.3 Å². The van der Waals surface area contributed by atoms with Crippen LogP contribution in [-0.4, -0.2) is 63.6 Å². The second-order valence-electron chi connectivity index (χ2n) is 10.4. The second-order valence-corrected chi connectivity index (χ2v) is 11.5. The first-order valence-corrected chi connectivity index (χ1v) is 14.2. The van der Waals surface area contributed by atoms with E-state index in [1.54, 1.807) is 6.07 Å². The molecule has 37 heavy (non-hydrogen) atoms. The maximum atomic E-state index is 15.4. The second kappa shape index (κ2) is 10.3. The normalized spacial score (nSPS) is 21.5. The molecule has 2 aromatic carbocycles. The number of anilines is 1. The number of nitrogen functional groups attached to an aromatic ring is 1. The highest BCUT2D eigenvalue weighted by molar-refractivity contribution is 14.1. The highest BCUT2D eigenvalue weighted by atomic mass is 127. The predicted molar refractivity (Wildman–Crippen MR) is 156 cm³/mol. The van der Waals surface area contributed by atoms with Crippen LogP contribution in [0.3, 0.4) is 0 Å². The monoisotopic (exact) mass is 610 g/mol. The number of likely N-dealkylation sites (N-methyl/N-ethyl adjacent to an activating group) is 1. The van der Waals surface area contributed by atoms with Crippen LogP contribution < -0.4 is 5.73 Å². The summed E-state index contributed by atoms with van der Waals surface area (Å²) in [6.07, 6.45) is 8.23. The summed E-state index contributed by atoms with van der Waals surface area (Å²) in [5, 5.41) is 0.810. The molecule has 2 N–H and O–H groups in total. The number of hydrogen-bond acceptors (Lipinski definition) is 5. The lowest BCUT2D eigenvalue weighted by atomic mass is 9.89. The smallest absolute Gasteiger partial charge is 0.146 e. The highest BCUT2D eigenvalue weighted by Crippen LogP contribution is 2.40. The summed E-state index contributed by atoms with van der Waals surface area (Å²) in [4.78, 5) is 14.0. The number of nitrogens with zero attached hydrogens (tertiary/aromatic N) is 5. The molecule has 1 saturated carbocycles. The van der Waals surface area contributed by atoms with Gasteiger partial charge in [-0.15, -0.1) is 0 Å². The summed E-state index contributed by atoms with van der Waals surface area (Å²) < 4.78 is 18.7. The van der Waals surface area contributed by atoms with Gasteiger partial charge in [0.25, 0.3) is 0 Å². The largest absolute Gasteiger partial charge is 0.383 e. The zero-order valence-electron chi connectivity index (χ0n) is 21.1. The number of benzene rings is 2. The molecule has 6 rings (SSSR count). The molecule has 6 nitrogen and oxygen atoms in total. The Morgan fingerprint density at radius 2 is 1.62 bits per heavy atom. The Kier molecular flexibility index (Phi) is 6.89. The van der Waals surface area contributed by atoms with E-state index in [2.05, 4.69) is 60.2 Å². The summed E-state index contributed by atoms with van der Waals surface area (Å²) in [7, 11) is 2.21. The van der Waals surface area contributed by atoms with Gasteiger partial charge in [0.05, 0.1) is 5.39 Å². The van der Waals surface area contributed by atoms with E-state index in [-0.39, 0.29) is 5.82 Å². The lowest BCUT2D eigenvalue weighted by Crippen LogP contribution is -2.49. The number of rotatable bonds is 4. The van der Waals surface area contributed by atoms with Crippen molar-refractivity contribution in [1.82, 2.24) is 24.3 Å². The molecular formula is C29H32FIN6. The zero-order chi connectivity index (χ0) is 25.5. The zero-order valence-corrected chi connectivity index (χ0v) is 23.2. The minimum Gasteiger partial charge on any atom is -0.383 e. The van der Waals surface area contributed by atoms with Gasteiger partial charge in [-0.2, -0.15) is 0 Å². The number of fused-ring (bicyclic) bond motifs is 1. The Bertz CT molecular complexity index is 1420. The Balaban J connectivity index is 1.31. The lowest BCUT2D eigenvalue weighted by Gasteiger charge is -2.41. The van der Waals surface area contributed by atoms with Gasteiger partial charge in [-0.1, -0.05) is 30.3 Å². The van der Waals surface area contributed by atoms with Gasteiger partial charge in [0.15, 0.2) is 0 Å². The molecule has 4 aromatic rings. The maximum Gasteiger partial charge on any atom is 0.146 e. The maximum absolute atomic E-state index is 15.4. The summed E-state index contributed by atoms with van der Waals surface area (Å²) in [6, 6.07) is 14.3. The van der Waals surface area contributed by atoms with Crippen LogP contribution in [0.4, 0.5) is 10.2 Å². The Morgan fingerprint density at radius 3 is 2.35 bits per heavy atom. The molecule has 2 aromatic heterocycles. The van der Waals surface area contributed by atoms with Gasteiger partial charge in [-0.3, -0.25) is 4.90 Å². The predicted octanol–water partition coefficient (Wildman–Crippen LogP) is 5.82. The Hall–Kier alpha value is -2.56. The van der Waals surface area contributed by atoms with Crippen molar-refractivity contribution < 1.29 is 4.39 Å². The third-order valence-corrected chi connectivity index (χ3v) is 9.14. The summed E-state index contributed by atoms with van der Waals surface area (Å²) >= 11 is 2.25. The van der Waals surface area contributed by atoms with Crippen molar-refractivity contribution in [2.45, 2.75) is 37.8 Å². The fraction of sp³-hybridized carbons (Fsp3) is 0.379. The van der Waals surface area contributed by atoms with E-state index >= 15 is 4.39 Å². The van der Waals surface area contributed by atoms with E-state index in [9.17, 15) is 0 Å². The van der Waals surface area contributed by atoms with E-state index in [4.69, 9.17) is 5.73 Å². The van der Waals surface area contributed by atoms with Crippen LogP contribution in [0, 0.1) is 9.39 Å². The van der Waals surface area contributed by atoms with Gasteiger partial charge >= 0.3 is 0 Å². The van der Waals surface area contributed by atoms with Crippen molar-refractivity contribution in [2.75, 3.05) is 39.0 Å². The fourth-order valence-electron chi connectivity index (χ4n) is 6.07. The molecule has 0 amide bonds. The third kappa shape index (κ3) is 4.75. The fourth-order valence-corrected chi connectivity index (χ4v) is 6.75. The van der Waals surface area contributed by atoms with Crippen molar-refractivity contribution in [3.05, 3.63) is 64.4 Å². The van der Waals surface area contributed by atoms with Crippen LogP contribution in [0.1, 0.15) is 31.7 Å². The van der Waals surface area contributed by atoms with Crippen molar-refractivity contribution in [3.63, 3.8) is 0 Å². The van der Waals surface area contributed by atoms with Crippen LogP contribution in [0.15, 0.2) is 55.0 Å². The van der Waals surface area contributed by atoms with Crippen LogP contribution in [0.2, 0.25) is 0 Å². The van der Waals surface area contributed by atoms with Crippen LogP contribution in [0.5, 0.6) is 0 Å². The minimum absolute atomic E-state index is 0.245. The van der Waals surface area contributed by atoms with Gasteiger partial charge < -0.3 is 15.2 Å². The van der Waals surface area contributed by atoms with Crippen molar-refractivity contribution in [2.24, 2.45) is 0 Å². The molecule has 8 heteroatoms. The minimum atomic E-state index is -0.245. The summed E-state index contributed by atoms with van der Waals surface area (Å²) in [6.45, 7) is 4.63. The SMILES string of the molecule is CN1CCN(C2CCC(n3cc(-c4ccc(-c5ccccc5I)c(F)c4)c4c(N)ncnc43)CC2)CC1. The first-order valence-electron chi connectivity index (χ1n) is 13.1. The van der Waals surface area contributed by atoms with Crippen LogP contribution in [0.25, 0.3) is 33.3 Å². The van der Waals surface area contributed by atoms with Crippen molar-refractivity contribution in [1.29, 1.82) is 0 Å². The molecule has 2 aliphatic rings. The molecule has 2 fully saturated rings. The first-order chi connectivity index (χ1) is 18.0. The molecule has 1 saturated heterocycles. The quantitative estimate of drug-likeness (QED) is 0.295. The third-order valence-electron chi connectivity index (χ3n) is 8.20. The number of aromatic nitrogens is 3. The average Bonchev–Trinajstić information content (AvgIpc) is 3.31. The number of halogens is 2. The van der Waals surface area contributed by atoms with Crippen molar-refractivity contribution in [3.8, 4) is 22.3 Å². The molecule has 192 valence electrons. The van der Waals surface area contributed by atoms with Gasteiger partial charge in [-0.25, -0.2) is 14.4 Å². The molecule has 0 unspecified atom stereocenters. The van der Waals surface area contributed by atoms with Gasteiger partial charge in [0.2, 0.25) is 0 Å². The standard InChI is InChI=1S/C29H32FIN6/c1-35-12-14-36(15-13-35)20-7-9-21(10-8-20)37-17-24(27-28(32)33-18-34-29(27)37)19-6-11-22(25(30)16-19)23-4-2-3-5-26(23)31/h2-6,11,16-18,20-21H,7-10,12-15H2,1H3,(H2,32,33,34). The molecule has 1 aliphatic carbocycles. The number of nitrogens with two attached hydrogens (primary N) is 1. The van der Waals surface area contributed by atoms with E-state index in [1.807, 2.05) is 36.4 Å².